The minimum absolute atomic E-state index is 0.0324. The maximum atomic E-state index is 13.1. The van der Waals surface area contributed by atoms with Gasteiger partial charge >= 0.3 is 0 Å². The molecule has 0 aliphatic heterocycles. The van der Waals surface area contributed by atoms with Crippen molar-refractivity contribution in [1.29, 1.82) is 0 Å². The first-order valence-electron chi connectivity index (χ1n) is 9.88. The molecule has 2 amide bonds. The molecule has 3 N–H and O–H groups in total. The van der Waals surface area contributed by atoms with E-state index in [1.165, 1.54) is 19.2 Å². The number of hydrogen-bond donors (Lipinski definition) is 3. The molecule has 0 aliphatic rings. The number of phenolic OH excluding ortho intramolecular Hbond substituents is 1. The maximum Gasteiger partial charge on any atom is 0.257 e. The van der Waals surface area contributed by atoms with Gasteiger partial charge in [0.2, 0.25) is 0 Å². The van der Waals surface area contributed by atoms with E-state index in [0.717, 1.165) is 5.56 Å². The first-order valence-corrected chi connectivity index (χ1v) is 9.88. The Hall–Kier alpha value is -3.80. The number of carbonyl (C=O) groups is 2. The molecule has 0 aromatic heterocycles. The highest BCUT2D eigenvalue weighted by Gasteiger charge is 2.22. The van der Waals surface area contributed by atoms with Crippen molar-refractivity contribution < 1.29 is 19.4 Å². The normalized spacial score (nSPS) is 11.0. The predicted octanol–water partition coefficient (Wildman–Crippen LogP) is 5.20. The maximum absolute atomic E-state index is 13.1. The third-order valence-electron chi connectivity index (χ3n) is 4.78. The molecule has 0 radical (unpaired) electrons. The van der Waals surface area contributed by atoms with Gasteiger partial charge in [-0.15, -0.1) is 0 Å². The molecular weight excluding hydrogens is 392 g/mol. The number of aromatic hydroxyl groups is 1. The van der Waals surface area contributed by atoms with E-state index < -0.39 is 5.91 Å². The van der Waals surface area contributed by atoms with Gasteiger partial charge in [-0.3, -0.25) is 9.59 Å². The Morgan fingerprint density at radius 1 is 0.839 bits per heavy atom. The van der Waals surface area contributed by atoms with E-state index >= 15 is 0 Å². The number of carbonyl (C=O) groups excluding carboxylic acids is 2. The van der Waals surface area contributed by atoms with Crippen molar-refractivity contribution in [3.8, 4) is 11.5 Å². The van der Waals surface area contributed by atoms with Gasteiger partial charge in [0, 0.05) is 29.4 Å². The quantitative estimate of drug-likeness (QED) is 0.531. The van der Waals surface area contributed by atoms with Crippen molar-refractivity contribution >= 4 is 23.2 Å². The monoisotopic (exact) mass is 418 g/mol. The molecule has 31 heavy (non-hydrogen) atoms. The predicted molar refractivity (Wildman–Crippen MR) is 122 cm³/mol. The summed E-state index contributed by atoms with van der Waals surface area (Å²) in [6.45, 7) is 6.14. The minimum atomic E-state index is -0.423. The second kappa shape index (κ2) is 8.92. The number of amides is 2. The number of ether oxygens (including phenoxy) is 1. The number of nitrogens with one attached hydrogen (secondary N) is 2. The van der Waals surface area contributed by atoms with Crippen LogP contribution < -0.4 is 15.4 Å². The van der Waals surface area contributed by atoms with Gasteiger partial charge in [-0.05, 0) is 29.2 Å². The number of hydrogen-bond acceptors (Lipinski definition) is 4. The van der Waals surface area contributed by atoms with Gasteiger partial charge in [0.25, 0.3) is 11.8 Å². The summed E-state index contributed by atoms with van der Waals surface area (Å²) in [6, 6.07) is 18.7. The molecule has 0 saturated carbocycles. The third-order valence-corrected chi connectivity index (χ3v) is 4.78. The smallest absolute Gasteiger partial charge is 0.257 e. The highest BCUT2D eigenvalue weighted by atomic mass is 16.5. The topological polar surface area (TPSA) is 87.7 Å². The van der Waals surface area contributed by atoms with Crippen LogP contribution in [-0.2, 0) is 5.41 Å². The van der Waals surface area contributed by atoms with Gasteiger partial charge in [0.15, 0.2) is 0 Å². The van der Waals surface area contributed by atoms with E-state index in [4.69, 9.17) is 4.74 Å². The summed E-state index contributed by atoms with van der Waals surface area (Å²) in [6.07, 6.45) is 0. The second-order valence-corrected chi connectivity index (χ2v) is 8.17. The molecule has 0 heterocycles. The number of para-hydroxylation sites is 1. The molecule has 3 aromatic carbocycles. The molecule has 0 unspecified atom stereocenters. The van der Waals surface area contributed by atoms with E-state index in [1.54, 1.807) is 36.4 Å². The van der Waals surface area contributed by atoms with Crippen LogP contribution in [0.2, 0.25) is 0 Å². The molecule has 3 rings (SSSR count). The minimum Gasteiger partial charge on any atom is -0.508 e. The zero-order chi connectivity index (χ0) is 22.6. The van der Waals surface area contributed by atoms with Gasteiger partial charge in [-0.1, -0.05) is 51.1 Å². The van der Waals surface area contributed by atoms with Crippen LogP contribution in [-0.4, -0.2) is 24.0 Å². The molecule has 0 bridgehead atoms. The molecule has 0 saturated heterocycles. The zero-order valence-electron chi connectivity index (χ0n) is 18.0. The fourth-order valence-electron chi connectivity index (χ4n) is 3.29. The van der Waals surface area contributed by atoms with Crippen molar-refractivity contribution in [1.82, 2.24) is 0 Å². The van der Waals surface area contributed by atoms with E-state index in [9.17, 15) is 14.7 Å². The Kier molecular flexibility index (Phi) is 6.30. The number of benzene rings is 3. The highest BCUT2D eigenvalue weighted by molar-refractivity contribution is 6.13. The molecule has 6 nitrogen and oxygen atoms in total. The number of methoxy groups -OCH3 is 1. The van der Waals surface area contributed by atoms with Gasteiger partial charge in [0.05, 0.1) is 18.4 Å². The first-order chi connectivity index (χ1) is 14.7. The molecule has 0 spiro atoms. The summed E-state index contributed by atoms with van der Waals surface area (Å²) in [4.78, 5) is 26.0. The van der Waals surface area contributed by atoms with E-state index in [2.05, 4.69) is 10.6 Å². The third kappa shape index (κ3) is 5.22. The Morgan fingerprint density at radius 2 is 1.45 bits per heavy atom. The second-order valence-electron chi connectivity index (χ2n) is 8.17. The molecule has 160 valence electrons. The Bertz CT molecular complexity index is 1120. The summed E-state index contributed by atoms with van der Waals surface area (Å²) in [7, 11) is 1.47. The molecule has 0 fully saturated rings. The zero-order valence-corrected chi connectivity index (χ0v) is 18.0. The lowest BCUT2D eigenvalue weighted by molar-refractivity contribution is 0.102. The lowest BCUT2D eigenvalue weighted by atomic mass is 9.83. The standard InChI is InChI=1S/C25H26N2O4/c1-25(2,3)21-11-7-5-9-19(21)23(29)27-22-12-8-6-10-20(22)24(30)26-16-13-17(28)15-18(14-16)31-4/h5-15,28H,1-4H3,(H,26,30)(H,27,29). The summed E-state index contributed by atoms with van der Waals surface area (Å²) in [5, 5.41) is 15.4. The van der Waals surface area contributed by atoms with Crippen LogP contribution in [0.5, 0.6) is 11.5 Å². The van der Waals surface area contributed by atoms with Gasteiger partial charge < -0.3 is 20.5 Å². The number of phenols is 1. The van der Waals surface area contributed by atoms with Crippen LogP contribution in [0, 0.1) is 0 Å². The lowest BCUT2D eigenvalue weighted by Gasteiger charge is -2.22. The SMILES string of the molecule is COc1cc(O)cc(NC(=O)c2ccccc2NC(=O)c2ccccc2C(C)(C)C)c1. The Morgan fingerprint density at radius 3 is 2.13 bits per heavy atom. The molecule has 0 atom stereocenters. The van der Waals surface area contributed by atoms with Gasteiger partial charge in [-0.2, -0.15) is 0 Å². The van der Waals surface area contributed by atoms with Crippen LogP contribution in [0.25, 0.3) is 0 Å². The summed E-state index contributed by atoms with van der Waals surface area (Å²) < 4.78 is 5.12. The van der Waals surface area contributed by atoms with Crippen LogP contribution in [0.4, 0.5) is 11.4 Å². The Balaban J connectivity index is 1.87. The number of rotatable bonds is 5. The van der Waals surface area contributed by atoms with Crippen molar-refractivity contribution in [2.24, 2.45) is 0 Å². The lowest BCUT2D eigenvalue weighted by Crippen LogP contribution is -2.22. The van der Waals surface area contributed by atoms with Crippen molar-refractivity contribution in [2.75, 3.05) is 17.7 Å². The molecule has 6 heteroatoms. The van der Waals surface area contributed by atoms with Gasteiger partial charge in [-0.25, -0.2) is 0 Å². The average Bonchev–Trinajstić information content (AvgIpc) is 2.73. The summed E-state index contributed by atoms with van der Waals surface area (Å²) in [5.74, 6) is -0.330. The largest absolute Gasteiger partial charge is 0.508 e. The number of anilines is 2. The van der Waals surface area contributed by atoms with Crippen LogP contribution in [0.1, 0.15) is 47.1 Å². The summed E-state index contributed by atoms with van der Waals surface area (Å²) >= 11 is 0. The average molecular weight is 418 g/mol. The van der Waals surface area contributed by atoms with E-state index in [-0.39, 0.29) is 17.1 Å². The fourth-order valence-corrected chi connectivity index (χ4v) is 3.29. The van der Waals surface area contributed by atoms with Crippen LogP contribution >= 0.6 is 0 Å². The summed E-state index contributed by atoms with van der Waals surface area (Å²) in [5.41, 5.74) is 2.33. The van der Waals surface area contributed by atoms with E-state index in [1.807, 2.05) is 39.0 Å². The molecule has 0 aliphatic carbocycles. The molecule has 3 aromatic rings. The van der Waals surface area contributed by atoms with Gasteiger partial charge in [0.1, 0.15) is 11.5 Å². The molecular formula is C25H26N2O4. The van der Waals surface area contributed by atoms with Crippen LogP contribution in [0.3, 0.4) is 0 Å². The van der Waals surface area contributed by atoms with Crippen molar-refractivity contribution in [2.45, 2.75) is 26.2 Å². The van der Waals surface area contributed by atoms with Crippen LogP contribution in [0.15, 0.2) is 66.7 Å². The van der Waals surface area contributed by atoms with E-state index in [0.29, 0.717) is 28.3 Å². The van der Waals surface area contributed by atoms with Crippen molar-refractivity contribution in [3.05, 3.63) is 83.4 Å². The first kappa shape index (κ1) is 21.9. The highest BCUT2D eigenvalue weighted by Crippen LogP contribution is 2.28. The fraction of sp³-hybridized carbons (Fsp3) is 0.200. The Labute approximate surface area is 181 Å². The van der Waals surface area contributed by atoms with Crippen molar-refractivity contribution in [3.63, 3.8) is 0 Å².